The van der Waals surface area contributed by atoms with E-state index in [9.17, 15) is 21.6 Å². The van der Waals surface area contributed by atoms with Crippen molar-refractivity contribution >= 4 is 32.1 Å². The molecule has 1 aromatic heterocycles. The maximum Gasteiger partial charge on any atom is 0.422 e. The molecule has 0 radical (unpaired) electrons. The quantitative estimate of drug-likeness (QED) is 0.609. The number of hydrogen-bond donors (Lipinski definition) is 3. The van der Waals surface area contributed by atoms with Gasteiger partial charge in [0.1, 0.15) is 4.90 Å². The Morgan fingerprint density at radius 3 is 2.43 bits per heavy atom. The first-order valence-corrected chi connectivity index (χ1v) is 8.51. The van der Waals surface area contributed by atoms with Crippen LogP contribution in [-0.2, 0) is 32.0 Å². The number of ether oxygens (including phenoxy) is 1. The van der Waals surface area contributed by atoms with E-state index in [-0.39, 0.29) is 0 Å². The molecule has 0 fully saturated rings. The molecule has 0 aromatic carbocycles. The number of aromatic nitrogens is 2. The molecule has 0 saturated carbocycles. The minimum atomic E-state index is -4.42. The smallest absolute Gasteiger partial charge is 0.422 e. The highest BCUT2D eigenvalue weighted by molar-refractivity contribution is 7.91. The van der Waals surface area contributed by atoms with Gasteiger partial charge in [0.15, 0.2) is 5.82 Å². The lowest BCUT2D eigenvalue weighted by Crippen LogP contribution is -2.37. The Kier molecular flexibility index (Phi) is 4.80. The minimum Gasteiger partial charge on any atom is -0.446 e. The number of primary sulfonamides is 1. The van der Waals surface area contributed by atoms with E-state index in [1.165, 1.54) is 25.6 Å². The average molecular weight is 341 g/mol. The highest BCUT2D eigenvalue weighted by atomic mass is 32.2. The van der Waals surface area contributed by atoms with Gasteiger partial charge in [-0.15, -0.1) is 0 Å². The average Bonchev–Trinajstić information content (AvgIpc) is 2.54. The zero-order chi connectivity index (χ0) is 16.4. The number of rotatable bonds is 5. The summed E-state index contributed by atoms with van der Waals surface area (Å²) in [7, 11) is -7.24. The van der Waals surface area contributed by atoms with Crippen LogP contribution in [0.1, 0.15) is 13.8 Å². The summed E-state index contributed by atoms with van der Waals surface area (Å²) in [5.74, 6) is -0.537. The van der Waals surface area contributed by atoms with Crippen molar-refractivity contribution in [3.05, 3.63) is 6.20 Å². The fourth-order valence-electron chi connectivity index (χ4n) is 1.25. The van der Waals surface area contributed by atoms with Crippen LogP contribution in [0.5, 0.6) is 0 Å². The van der Waals surface area contributed by atoms with Gasteiger partial charge in [-0.1, -0.05) is 0 Å². The molecule has 0 aliphatic heterocycles. The summed E-state index contributed by atoms with van der Waals surface area (Å²) < 4.78 is 54.9. The molecule has 1 rings (SSSR count). The molecule has 0 aliphatic rings. The van der Waals surface area contributed by atoms with Crippen molar-refractivity contribution in [3.8, 4) is 0 Å². The predicted octanol–water partition coefficient (Wildman–Crippen LogP) is -1.14. The molecule has 120 valence electrons. The number of aryl methyl sites for hydroxylation is 1. The van der Waals surface area contributed by atoms with Crippen molar-refractivity contribution in [2.45, 2.75) is 24.8 Å². The molecular weight excluding hydrogens is 326 g/mol. The molecule has 0 unspecified atom stereocenters. The van der Waals surface area contributed by atoms with Gasteiger partial charge < -0.3 is 4.74 Å². The number of carbonyl (C=O) groups excluding carboxylic acids is 1. The zero-order valence-corrected chi connectivity index (χ0v) is 13.0. The van der Waals surface area contributed by atoms with Gasteiger partial charge in [-0.25, -0.2) is 27.8 Å². The van der Waals surface area contributed by atoms with E-state index in [1.807, 2.05) is 0 Å². The molecule has 0 aliphatic carbocycles. The van der Waals surface area contributed by atoms with Gasteiger partial charge in [-0.3, -0.25) is 4.68 Å². The highest BCUT2D eigenvalue weighted by Gasteiger charge is 2.24. The first-order chi connectivity index (χ1) is 9.40. The highest BCUT2D eigenvalue weighted by Crippen LogP contribution is 2.18. The Bertz CT molecular complexity index is 735. The Morgan fingerprint density at radius 1 is 1.38 bits per heavy atom. The van der Waals surface area contributed by atoms with E-state index in [4.69, 9.17) is 5.14 Å². The number of anilines is 1. The van der Waals surface area contributed by atoms with Crippen LogP contribution >= 0.6 is 0 Å². The van der Waals surface area contributed by atoms with Gasteiger partial charge in [-0.2, -0.15) is 13.5 Å². The zero-order valence-electron chi connectivity index (χ0n) is 11.4. The van der Waals surface area contributed by atoms with E-state index in [0.29, 0.717) is 0 Å². The van der Waals surface area contributed by atoms with Crippen molar-refractivity contribution in [2.75, 3.05) is 4.72 Å². The maximum absolute atomic E-state index is 11.7. The lowest BCUT2D eigenvalue weighted by Gasteiger charge is -2.10. The number of sulfonamides is 1. The summed E-state index contributed by atoms with van der Waals surface area (Å²) in [5, 5.41) is 8.53. The molecule has 1 heterocycles. The van der Waals surface area contributed by atoms with Gasteiger partial charge in [-0.05, 0) is 13.8 Å². The summed E-state index contributed by atoms with van der Waals surface area (Å²) in [6, 6.07) is 0. The predicted molar refractivity (Wildman–Crippen MR) is 71.9 cm³/mol. The van der Waals surface area contributed by atoms with Crippen molar-refractivity contribution in [2.24, 2.45) is 12.2 Å². The molecule has 0 bridgehead atoms. The second-order valence-electron chi connectivity index (χ2n) is 4.22. The fourth-order valence-corrected chi connectivity index (χ4v) is 2.70. The number of nitrogens with zero attached hydrogens (tertiary/aromatic N) is 2. The molecule has 0 atom stereocenters. The fraction of sp³-hybridized carbons (Fsp3) is 0.500. The number of nitrogens with one attached hydrogen (secondary N) is 2. The van der Waals surface area contributed by atoms with Crippen LogP contribution in [-0.4, -0.2) is 38.8 Å². The normalized spacial score (nSPS) is 12.2. The Morgan fingerprint density at radius 2 is 1.95 bits per heavy atom. The SMILES string of the molecule is CC(C)OC(=O)NS(=O)(=O)Nc1nn(C)cc1S(N)(=O)=O. The third-order valence-corrected chi connectivity index (χ3v) is 3.70. The van der Waals surface area contributed by atoms with E-state index in [1.54, 1.807) is 4.72 Å². The molecule has 1 amide bonds. The molecule has 11 nitrogen and oxygen atoms in total. The van der Waals surface area contributed by atoms with Crippen molar-refractivity contribution in [3.63, 3.8) is 0 Å². The molecule has 4 N–H and O–H groups in total. The summed E-state index contributed by atoms with van der Waals surface area (Å²) in [5.41, 5.74) is 0. The van der Waals surface area contributed by atoms with Gasteiger partial charge in [0.25, 0.3) is 0 Å². The van der Waals surface area contributed by atoms with Gasteiger partial charge in [0, 0.05) is 13.2 Å². The van der Waals surface area contributed by atoms with Crippen molar-refractivity contribution in [1.29, 1.82) is 0 Å². The summed E-state index contributed by atoms with van der Waals surface area (Å²) >= 11 is 0. The van der Waals surface area contributed by atoms with E-state index >= 15 is 0 Å². The van der Waals surface area contributed by atoms with Crippen LogP contribution in [0.4, 0.5) is 10.6 Å². The second kappa shape index (κ2) is 5.87. The van der Waals surface area contributed by atoms with E-state index < -0.39 is 43.1 Å². The lowest BCUT2D eigenvalue weighted by atomic mass is 10.5. The molecule has 13 heteroatoms. The monoisotopic (exact) mass is 341 g/mol. The number of hydrogen-bond acceptors (Lipinski definition) is 7. The number of amides is 1. The van der Waals surface area contributed by atoms with Crippen LogP contribution in [0.25, 0.3) is 0 Å². The summed E-state index contributed by atoms with van der Waals surface area (Å²) in [6.07, 6.45) is -0.736. The third-order valence-electron chi connectivity index (χ3n) is 1.89. The largest absolute Gasteiger partial charge is 0.446 e. The van der Waals surface area contributed by atoms with Crippen LogP contribution in [0.3, 0.4) is 0 Å². The van der Waals surface area contributed by atoms with Crippen LogP contribution in [0, 0.1) is 0 Å². The number of carbonyl (C=O) groups is 1. The Hall–Kier alpha value is -1.86. The Labute approximate surface area is 121 Å². The number of nitrogens with two attached hydrogens (primary N) is 1. The van der Waals surface area contributed by atoms with Gasteiger partial charge >= 0.3 is 16.3 Å². The minimum absolute atomic E-state index is 0.532. The van der Waals surface area contributed by atoms with Crippen molar-refractivity contribution < 1.29 is 26.4 Å². The summed E-state index contributed by atoms with van der Waals surface area (Å²) in [4.78, 5) is 10.7. The first kappa shape index (κ1) is 17.2. The Balaban J connectivity index is 2.98. The van der Waals surface area contributed by atoms with E-state index in [0.717, 1.165) is 10.9 Å². The van der Waals surface area contributed by atoms with Crippen molar-refractivity contribution in [1.82, 2.24) is 14.5 Å². The standard InChI is InChI=1S/C8H15N5O6S2/c1-5(2)19-8(14)12-21(17,18)11-7-6(20(9,15)16)4-13(3)10-7/h4-5H,1-3H3,(H,10,11)(H,12,14)(H2,9,15,16). The molecule has 21 heavy (non-hydrogen) atoms. The molecule has 1 aromatic rings. The first-order valence-electron chi connectivity index (χ1n) is 5.48. The van der Waals surface area contributed by atoms with Crippen LogP contribution in [0.15, 0.2) is 11.1 Å². The molecular formula is C8H15N5O6S2. The maximum atomic E-state index is 11.7. The summed E-state index contributed by atoms with van der Waals surface area (Å²) in [6.45, 7) is 3.05. The van der Waals surface area contributed by atoms with E-state index in [2.05, 4.69) is 9.84 Å². The molecule has 0 saturated heterocycles. The molecule has 0 spiro atoms. The van der Waals surface area contributed by atoms with Crippen LogP contribution < -0.4 is 14.6 Å². The van der Waals surface area contributed by atoms with Gasteiger partial charge in [0.05, 0.1) is 6.10 Å². The lowest BCUT2D eigenvalue weighted by molar-refractivity contribution is 0.121. The van der Waals surface area contributed by atoms with Crippen LogP contribution in [0.2, 0.25) is 0 Å². The third kappa shape index (κ3) is 5.20. The van der Waals surface area contributed by atoms with Gasteiger partial charge in [0.2, 0.25) is 10.0 Å². The second-order valence-corrected chi connectivity index (χ2v) is 7.17. The topological polar surface area (TPSA) is 162 Å².